The molecule has 8 nitrogen and oxygen atoms in total. The highest BCUT2D eigenvalue weighted by Crippen LogP contribution is 2.41. The summed E-state index contributed by atoms with van der Waals surface area (Å²) in [5.41, 5.74) is 4.15. The Morgan fingerprint density at radius 1 is 1.09 bits per heavy atom. The van der Waals surface area contributed by atoms with Crippen molar-refractivity contribution in [1.82, 2.24) is 24.8 Å². The molecule has 0 aliphatic carbocycles. The number of aryl methyl sites for hydroxylation is 2. The molecule has 5 rings (SSSR count). The lowest BCUT2D eigenvalue weighted by Gasteiger charge is -2.34. The number of likely N-dealkylation sites (tertiary alicyclic amines) is 1. The van der Waals surface area contributed by atoms with Crippen molar-refractivity contribution < 1.29 is 14.3 Å². The van der Waals surface area contributed by atoms with E-state index < -0.39 is 5.54 Å². The molecule has 1 atom stereocenters. The second-order valence-corrected chi connectivity index (χ2v) is 9.19. The molecule has 1 N–H and O–H groups in total. The van der Waals surface area contributed by atoms with Gasteiger partial charge in [-0.1, -0.05) is 23.8 Å². The summed E-state index contributed by atoms with van der Waals surface area (Å²) in [6.07, 6.45) is 3.31. The number of nitrogens with one attached hydrogen (secondary N) is 1. The number of methoxy groups -OCH3 is 2. The quantitative estimate of drug-likeness (QED) is 0.449. The molecule has 1 fully saturated rings. The maximum atomic E-state index is 14.0. The third-order valence-corrected chi connectivity index (χ3v) is 6.81. The van der Waals surface area contributed by atoms with Crippen LogP contribution in [-0.2, 0) is 5.54 Å². The fourth-order valence-electron chi connectivity index (χ4n) is 4.91. The van der Waals surface area contributed by atoms with Crippen molar-refractivity contribution in [3.63, 3.8) is 0 Å². The molecule has 35 heavy (non-hydrogen) atoms. The average Bonchev–Trinajstić information content (AvgIpc) is 3.46. The van der Waals surface area contributed by atoms with Gasteiger partial charge in [0.15, 0.2) is 11.5 Å². The number of ether oxygens (including phenoxy) is 2. The van der Waals surface area contributed by atoms with Gasteiger partial charge in [-0.25, -0.2) is 15.0 Å². The van der Waals surface area contributed by atoms with E-state index in [2.05, 4.69) is 21.9 Å². The molecular weight excluding hydrogens is 442 g/mol. The molecule has 180 valence electrons. The van der Waals surface area contributed by atoms with Crippen molar-refractivity contribution >= 4 is 16.9 Å². The van der Waals surface area contributed by atoms with Gasteiger partial charge in [0.25, 0.3) is 5.91 Å². The van der Waals surface area contributed by atoms with Crippen LogP contribution in [0.5, 0.6) is 11.5 Å². The van der Waals surface area contributed by atoms with E-state index in [9.17, 15) is 4.79 Å². The second-order valence-electron chi connectivity index (χ2n) is 9.19. The Hall–Kier alpha value is -3.94. The Morgan fingerprint density at radius 3 is 2.60 bits per heavy atom. The van der Waals surface area contributed by atoms with Crippen LogP contribution in [0.4, 0.5) is 0 Å². The summed E-state index contributed by atoms with van der Waals surface area (Å²) in [5.74, 6) is 2.50. The first-order chi connectivity index (χ1) is 16.8. The molecule has 1 aliphatic rings. The Balaban J connectivity index is 1.57. The summed E-state index contributed by atoms with van der Waals surface area (Å²) in [6, 6.07) is 11.8. The minimum absolute atomic E-state index is 0.0999. The summed E-state index contributed by atoms with van der Waals surface area (Å²) >= 11 is 0. The molecule has 1 unspecified atom stereocenters. The molecule has 0 spiro atoms. The van der Waals surface area contributed by atoms with Gasteiger partial charge in [0.2, 0.25) is 0 Å². The van der Waals surface area contributed by atoms with Crippen molar-refractivity contribution in [2.75, 3.05) is 20.8 Å². The lowest BCUT2D eigenvalue weighted by atomic mass is 9.96. The number of aromatic amines is 1. The fraction of sp³-hybridized carbons (Fsp3) is 0.333. The van der Waals surface area contributed by atoms with Gasteiger partial charge in [0.05, 0.1) is 42.0 Å². The highest BCUT2D eigenvalue weighted by atomic mass is 16.5. The van der Waals surface area contributed by atoms with Gasteiger partial charge < -0.3 is 19.4 Å². The van der Waals surface area contributed by atoms with Crippen molar-refractivity contribution in [3.8, 4) is 22.8 Å². The monoisotopic (exact) mass is 471 g/mol. The molecule has 0 saturated carbocycles. The van der Waals surface area contributed by atoms with E-state index in [0.29, 0.717) is 35.1 Å². The van der Waals surface area contributed by atoms with Gasteiger partial charge in [-0.3, -0.25) is 4.79 Å². The van der Waals surface area contributed by atoms with E-state index in [4.69, 9.17) is 14.5 Å². The summed E-state index contributed by atoms with van der Waals surface area (Å²) in [6.45, 7) is 6.55. The smallest absolute Gasteiger partial charge is 0.258 e. The Labute approximate surface area is 204 Å². The van der Waals surface area contributed by atoms with Crippen LogP contribution < -0.4 is 9.47 Å². The third-order valence-electron chi connectivity index (χ3n) is 6.81. The highest BCUT2D eigenvalue weighted by molar-refractivity contribution is 6.00. The first-order valence-corrected chi connectivity index (χ1v) is 11.7. The van der Waals surface area contributed by atoms with E-state index >= 15 is 0 Å². The molecule has 3 heterocycles. The van der Waals surface area contributed by atoms with Crippen LogP contribution in [0.1, 0.15) is 47.3 Å². The lowest BCUT2D eigenvalue weighted by molar-refractivity contribution is 0.0606. The number of amides is 1. The number of rotatable bonds is 5. The van der Waals surface area contributed by atoms with Crippen LogP contribution in [0.2, 0.25) is 0 Å². The maximum absolute atomic E-state index is 14.0. The van der Waals surface area contributed by atoms with Crippen molar-refractivity contribution in [2.24, 2.45) is 0 Å². The van der Waals surface area contributed by atoms with E-state index in [-0.39, 0.29) is 5.91 Å². The summed E-state index contributed by atoms with van der Waals surface area (Å²) in [5, 5.41) is 0. The number of hydrogen-bond donors (Lipinski definition) is 1. The largest absolute Gasteiger partial charge is 0.493 e. The van der Waals surface area contributed by atoms with Crippen molar-refractivity contribution in [1.29, 1.82) is 0 Å². The molecule has 4 aromatic rings. The third kappa shape index (κ3) is 3.88. The van der Waals surface area contributed by atoms with Crippen LogP contribution in [0.25, 0.3) is 22.3 Å². The summed E-state index contributed by atoms with van der Waals surface area (Å²) < 4.78 is 10.9. The number of benzene rings is 2. The van der Waals surface area contributed by atoms with Crippen LogP contribution in [0.3, 0.4) is 0 Å². The zero-order valence-electron chi connectivity index (χ0n) is 20.7. The maximum Gasteiger partial charge on any atom is 0.258 e. The SMILES string of the molecule is COc1cc2nc(C3(C)CCCN3C(=O)c3cnc(C)nc3-c3cccc(C)c3)[nH]c2cc1OC. The van der Waals surface area contributed by atoms with Gasteiger partial charge in [-0.2, -0.15) is 0 Å². The molecule has 0 bridgehead atoms. The molecule has 0 radical (unpaired) electrons. The number of nitrogens with zero attached hydrogens (tertiary/aromatic N) is 4. The Kier molecular flexibility index (Phi) is 5.67. The van der Waals surface area contributed by atoms with E-state index in [1.807, 2.05) is 55.1 Å². The van der Waals surface area contributed by atoms with Crippen LogP contribution in [-0.4, -0.2) is 51.5 Å². The number of imidazole rings is 1. The molecule has 8 heteroatoms. The summed E-state index contributed by atoms with van der Waals surface area (Å²) in [4.78, 5) is 33.2. The van der Waals surface area contributed by atoms with Gasteiger partial charge >= 0.3 is 0 Å². The van der Waals surface area contributed by atoms with Gasteiger partial charge in [0.1, 0.15) is 11.6 Å². The zero-order chi connectivity index (χ0) is 24.7. The Morgan fingerprint density at radius 2 is 1.86 bits per heavy atom. The summed E-state index contributed by atoms with van der Waals surface area (Å²) in [7, 11) is 3.21. The fourth-order valence-corrected chi connectivity index (χ4v) is 4.91. The predicted octanol–water partition coefficient (Wildman–Crippen LogP) is 4.81. The van der Waals surface area contributed by atoms with Gasteiger partial charge in [-0.15, -0.1) is 0 Å². The average molecular weight is 472 g/mol. The topological polar surface area (TPSA) is 93.2 Å². The Bertz CT molecular complexity index is 1390. The van der Waals surface area contributed by atoms with E-state index in [1.54, 1.807) is 20.4 Å². The molecule has 1 amide bonds. The predicted molar refractivity (Wildman–Crippen MR) is 134 cm³/mol. The van der Waals surface area contributed by atoms with Crippen LogP contribution in [0, 0.1) is 13.8 Å². The van der Waals surface area contributed by atoms with Crippen LogP contribution >= 0.6 is 0 Å². The minimum atomic E-state index is -0.606. The first kappa shape index (κ1) is 22.8. The second kappa shape index (κ2) is 8.69. The van der Waals surface area contributed by atoms with E-state index in [0.717, 1.165) is 40.8 Å². The van der Waals surface area contributed by atoms with E-state index in [1.165, 1.54) is 0 Å². The number of aromatic nitrogens is 4. The highest BCUT2D eigenvalue weighted by Gasteiger charge is 2.44. The number of H-pyrrole nitrogens is 1. The van der Waals surface area contributed by atoms with Crippen molar-refractivity contribution in [2.45, 2.75) is 39.2 Å². The molecule has 2 aromatic carbocycles. The lowest BCUT2D eigenvalue weighted by Crippen LogP contribution is -2.44. The number of fused-ring (bicyclic) bond motifs is 1. The number of carbonyl (C=O) groups excluding carboxylic acids is 1. The van der Waals surface area contributed by atoms with Gasteiger partial charge in [0, 0.05) is 30.4 Å². The van der Waals surface area contributed by atoms with Crippen LogP contribution in [0.15, 0.2) is 42.6 Å². The molecule has 2 aromatic heterocycles. The zero-order valence-corrected chi connectivity index (χ0v) is 20.7. The van der Waals surface area contributed by atoms with Crippen molar-refractivity contribution in [3.05, 3.63) is 65.4 Å². The number of hydrogen-bond acceptors (Lipinski definition) is 6. The first-order valence-electron chi connectivity index (χ1n) is 11.7. The minimum Gasteiger partial charge on any atom is -0.493 e. The molecule has 1 aliphatic heterocycles. The van der Waals surface area contributed by atoms with Gasteiger partial charge in [-0.05, 0) is 39.7 Å². The molecule has 1 saturated heterocycles. The normalized spacial score (nSPS) is 17.7. The molecular formula is C27H29N5O3. The standard InChI is InChI=1S/C27H29N5O3/c1-16-8-6-9-18(12-16)24-19(15-28-17(2)29-24)25(33)32-11-7-10-27(32,3)26-30-20-13-22(34-4)23(35-5)14-21(20)31-26/h6,8-9,12-15H,7,10-11H2,1-5H3,(H,30,31). The number of carbonyl (C=O) groups is 1.